The Hall–Kier alpha value is -4.53. The second-order valence-electron chi connectivity index (χ2n) is 7.90. The molecule has 2 aliphatic heterocycles. The highest BCUT2D eigenvalue weighted by molar-refractivity contribution is 5.91. The normalized spacial score (nSPS) is 12.5. The lowest BCUT2D eigenvalue weighted by Crippen LogP contribution is -1.89. The maximum absolute atomic E-state index is 15.3. The molecule has 2 aliphatic rings. The fourth-order valence-corrected chi connectivity index (χ4v) is 4.09. The topological polar surface area (TPSA) is 57.4 Å². The van der Waals surface area contributed by atoms with E-state index >= 15 is 13.2 Å². The molecule has 4 aromatic rings. The van der Waals surface area contributed by atoms with Gasteiger partial charge in [0.25, 0.3) is 0 Å². The van der Waals surface area contributed by atoms with Gasteiger partial charge < -0.3 is 9.97 Å². The molecule has 0 radical (unpaired) electrons. The number of benzene rings is 1. The summed E-state index contributed by atoms with van der Waals surface area (Å²) >= 11 is 0. The van der Waals surface area contributed by atoms with Crippen LogP contribution in [0.5, 0.6) is 0 Å². The lowest BCUT2D eigenvalue weighted by molar-refractivity contribution is 0.523. The van der Waals surface area contributed by atoms with Gasteiger partial charge in [0.15, 0.2) is 29.1 Å². The van der Waals surface area contributed by atoms with Crippen molar-refractivity contribution in [2.45, 2.75) is 0 Å². The summed E-state index contributed by atoms with van der Waals surface area (Å²) in [5.41, 5.74) is -1.37. The number of nitrogens with zero attached hydrogens (tertiary/aromatic N) is 2. The Bertz CT molecular complexity index is 1750. The molecule has 1 aromatic carbocycles. The van der Waals surface area contributed by atoms with Crippen LogP contribution in [0.4, 0.5) is 22.0 Å². The van der Waals surface area contributed by atoms with Gasteiger partial charge in [-0.15, -0.1) is 0 Å². The maximum atomic E-state index is 15.3. The number of halogens is 5. The van der Waals surface area contributed by atoms with Crippen molar-refractivity contribution >= 4 is 46.4 Å². The van der Waals surface area contributed by atoms with Crippen molar-refractivity contribution in [3.05, 3.63) is 94.3 Å². The van der Waals surface area contributed by atoms with E-state index in [-0.39, 0.29) is 39.2 Å². The van der Waals surface area contributed by atoms with Gasteiger partial charge in [0, 0.05) is 5.56 Å². The summed E-state index contributed by atoms with van der Waals surface area (Å²) in [7, 11) is 0. The van der Waals surface area contributed by atoms with E-state index in [0.717, 1.165) is 6.08 Å². The fourth-order valence-electron chi connectivity index (χ4n) is 4.09. The van der Waals surface area contributed by atoms with Crippen molar-refractivity contribution in [1.29, 1.82) is 0 Å². The quantitative estimate of drug-likeness (QED) is 0.251. The van der Waals surface area contributed by atoms with E-state index in [1.807, 2.05) is 0 Å². The number of hydrogen-bond acceptors (Lipinski definition) is 2. The van der Waals surface area contributed by atoms with E-state index in [2.05, 4.69) is 19.9 Å². The molecule has 35 heavy (non-hydrogen) atoms. The van der Waals surface area contributed by atoms with Crippen molar-refractivity contribution in [3.63, 3.8) is 0 Å². The standard InChI is InChI=1S/C26H13F5N4/c27-20-14-7-6-13(32-14)19(12-4-2-1-3-5-12)25-23(30)24(31)26(35-25)22(29)18-11-10-17(34-18)21(28)16-9-8-15(20)33-16/h1-11,33,35H. The van der Waals surface area contributed by atoms with Gasteiger partial charge in [-0.3, -0.25) is 0 Å². The van der Waals surface area contributed by atoms with Crippen LogP contribution in [-0.4, -0.2) is 19.9 Å². The molecule has 6 rings (SSSR count). The Morgan fingerprint density at radius 2 is 1.00 bits per heavy atom. The van der Waals surface area contributed by atoms with Crippen LogP contribution in [0.3, 0.4) is 0 Å². The molecule has 3 aromatic heterocycles. The molecule has 0 aliphatic carbocycles. The zero-order valence-corrected chi connectivity index (χ0v) is 17.6. The molecular formula is C26H13F5N4. The summed E-state index contributed by atoms with van der Waals surface area (Å²) in [6.45, 7) is 0. The zero-order valence-electron chi connectivity index (χ0n) is 17.6. The van der Waals surface area contributed by atoms with Crippen LogP contribution in [0.15, 0.2) is 42.5 Å². The Balaban J connectivity index is 1.86. The van der Waals surface area contributed by atoms with Crippen LogP contribution in [0.25, 0.3) is 57.5 Å². The second-order valence-corrected chi connectivity index (χ2v) is 7.90. The number of hydrogen-bond donors (Lipinski definition) is 2. The summed E-state index contributed by atoms with van der Waals surface area (Å²) in [6.07, 6.45) is 5.13. The van der Waals surface area contributed by atoms with Crippen LogP contribution < -0.4 is 0 Å². The number of aromatic amines is 2. The third kappa shape index (κ3) is 3.27. The first kappa shape index (κ1) is 21.0. The summed E-state index contributed by atoms with van der Waals surface area (Å²) in [5.74, 6) is -5.66. The van der Waals surface area contributed by atoms with Gasteiger partial charge in [-0.2, -0.15) is 0 Å². The smallest absolute Gasteiger partial charge is 0.187 e. The predicted octanol–water partition coefficient (Wildman–Crippen LogP) is 7.02. The van der Waals surface area contributed by atoms with Crippen LogP contribution in [0.1, 0.15) is 22.8 Å². The number of nitrogens with one attached hydrogen (secondary N) is 2. The first-order valence-electron chi connectivity index (χ1n) is 10.5. The number of rotatable bonds is 1. The van der Waals surface area contributed by atoms with E-state index < -0.39 is 40.3 Å². The minimum Gasteiger partial charge on any atom is -0.351 e. The van der Waals surface area contributed by atoms with Gasteiger partial charge in [-0.05, 0) is 42.0 Å². The van der Waals surface area contributed by atoms with Crippen molar-refractivity contribution in [2.24, 2.45) is 0 Å². The summed E-state index contributed by atoms with van der Waals surface area (Å²) in [6, 6.07) is 11.0. The summed E-state index contributed by atoms with van der Waals surface area (Å²) in [4.78, 5) is 13.2. The Kier molecular flexibility index (Phi) is 4.67. The molecule has 0 saturated carbocycles. The molecule has 0 atom stereocenters. The molecule has 172 valence electrons. The van der Waals surface area contributed by atoms with Crippen molar-refractivity contribution in [1.82, 2.24) is 19.9 Å². The summed E-state index contributed by atoms with van der Waals surface area (Å²) in [5, 5.41) is 0. The molecule has 2 N–H and O–H groups in total. The van der Waals surface area contributed by atoms with E-state index in [1.54, 1.807) is 30.3 Å². The lowest BCUT2D eigenvalue weighted by atomic mass is 10.0. The molecule has 0 saturated heterocycles. The molecule has 5 heterocycles. The number of fused-ring (bicyclic) bond motifs is 8. The molecule has 4 nitrogen and oxygen atoms in total. The van der Waals surface area contributed by atoms with Crippen LogP contribution in [0.2, 0.25) is 0 Å². The van der Waals surface area contributed by atoms with Gasteiger partial charge in [-0.25, -0.2) is 31.9 Å². The van der Waals surface area contributed by atoms with Gasteiger partial charge >= 0.3 is 0 Å². The monoisotopic (exact) mass is 476 g/mol. The van der Waals surface area contributed by atoms with Gasteiger partial charge in [0.1, 0.15) is 22.6 Å². The van der Waals surface area contributed by atoms with E-state index in [1.165, 1.54) is 30.4 Å². The molecule has 8 bridgehead atoms. The Morgan fingerprint density at radius 1 is 0.486 bits per heavy atom. The first-order valence-corrected chi connectivity index (χ1v) is 10.5. The second kappa shape index (κ2) is 7.76. The van der Waals surface area contributed by atoms with Gasteiger partial charge in [0.05, 0.1) is 22.2 Å². The fraction of sp³-hybridized carbons (Fsp3) is 0. The Labute approximate surface area is 194 Å². The zero-order chi connectivity index (χ0) is 24.3. The Morgan fingerprint density at radius 3 is 1.63 bits per heavy atom. The molecule has 0 spiro atoms. The molecular weight excluding hydrogens is 463 g/mol. The van der Waals surface area contributed by atoms with E-state index in [0.29, 0.717) is 5.56 Å². The highest BCUT2D eigenvalue weighted by Crippen LogP contribution is 2.34. The average Bonchev–Trinajstić information content (AvgIpc) is 3.68. The minimum absolute atomic E-state index is 0.0444. The van der Waals surface area contributed by atoms with Crippen LogP contribution in [-0.2, 0) is 0 Å². The molecule has 0 fully saturated rings. The highest BCUT2D eigenvalue weighted by atomic mass is 19.2. The third-order valence-electron chi connectivity index (χ3n) is 5.78. The minimum atomic E-state index is -1.47. The maximum Gasteiger partial charge on any atom is 0.187 e. The van der Waals surface area contributed by atoms with E-state index in [9.17, 15) is 8.78 Å². The van der Waals surface area contributed by atoms with Crippen LogP contribution in [0, 0.1) is 29.1 Å². The van der Waals surface area contributed by atoms with E-state index in [4.69, 9.17) is 0 Å². The highest BCUT2D eigenvalue weighted by Gasteiger charge is 2.22. The third-order valence-corrected chi connectivity index (χ3v) is 5.78. The van der Waals surface area contributed by atoms with Crippen LogP contribution >= 0.6 is 0 Å². The molecule has 0 unspecified atom stereocenters. The predicted molar refractivity (Wildman–Crippen MR) is 124 cm³/mol. The van der Waals surface area contributed by atoms with Gasteiger partial charge in [-0.1, -0.05) is 30.3 Å². The van der Waals surface area contributed by atoms with Crippen molar-refractivity contribution in [2.75, 3.05) is 0 Å². The average molecular weight is 476 g/mol. The molecule has 0 amide bonds. The van der Waals surface area contributed by atoms with Gasteiger partial charge in [0.2, 0.25) is 0 Å². The van der Waals surface area contributed by atoms with Crippen molar-refractivity contribution in [3.8, 4) is 11.1 Å². The lowest BCUT2D eigenvalue weighted by Gasteiger charge is -2.03. The first-order chi connectivity index (χ1) is 16.9. The summed E-state index contributed by atoms with van der Waals surface area (Å²) < 4.78 is 75.6. The number of aromatic nitrogens is 4. The molecule has 9 heteroatoms. The van der Waals surface area contributed by atoms with Crippen molar-refractivity contribution < 1.29 is 22.0 Å². The largest absolute Gasteiger partial charge is 0.351 e. The SMILES string of the molecule is Fc1c2nc(c(F)c3[nH]c(c(F)c3F)c(-c3ccccc3)c3nc(c(F)c4ccc1[nH]4)C=C3)C=C2. The number of H-pyrrole nitrogens is 2.